The van der Waals surface area contributed by atoms with E-state index in [4.69, 9.17) is 10.8 Å². The van der Waals surface area contributed by atoms with Crippen molar-refractivity contribution in [1.29, 1.82) is 0 Å². The first-order chi connectivity index (χ1) is 6.31. The molecule has 76 valence electrons. The molecule has 0 aliphatic carbocycles. The lowest BCUT2D eigenvalue weighted by Gasteiger charge is -2.07. The summed E-state index contributed by atoms with van der Waals surface area (Å²) in [7, 11) is 0. The minimum atomic E-state index is -0.285. The van der Waals surface area contributed by atoms with Gasteiger partial charge in [-0.25, -0.2) is 0 Å². The summed E-state index contributed by atoms with van der Waals surface area (Å²) in [6.45, 7) is -0.0216. The third-order valence-corrected chi connectivity index (χ3v) is 2.20. The monoisotopic (exact) mass is 212 g/mol. The molecule has 3 nitrogen and oxygen atoms in total. The Bertz CT molecular complexity index is 413. The molecule has 1 atom stereocenters. The number of H-pyrrole nitrogens is 1. The number of aliphatic hydroxyl groups excluding tert-OH is 1. The highest BCUT2D eigenvalue weighted by molar-refractivity contribution is 5.85. The van der Waals surface area contributed by atoms with Crippen LogP contribution in [0.15, 0.2) is 30.5 Å². The molecule has 0 aliphatic rings. The van der Waals surface area contributed by atoms with Crippen LogP contribution < -0.4 is 5.73 Å². The molecule has 0 aliphatic heterocycles. The quantitative estimate of drug-likeness (QED) is 0.708. The first kappa shape index (κ1) is 11.0. The third-order valence-electron chi connectivity index (χ3n) is 2.20. The Morgan fingerprint density at radius 3 is 2.86 bits per heavy atom. The van der Waals surface area contributed by atoms with Crippen molar-refractivity contribution in [1.82, 2.24) is 4.98 Å². The lowest BCUT2D eigenvalue weighted by Crippen LogP contribution is -2.14. The lowest BCUT2D eigenvalue weighted by atomic mass is 10.1. The van der Waals surface area contributed by atoms with E-state index in [1.54, 1.807) is 0 Å². The van der Waals surface area contributed by atoms with Crippen LogP contribution >= 0.6 is 12.4 Å². The molecule has 2 aromatic rings. The van der Waals surface area contributed by atoms with Gasteiger partial charge in [0.1, 0.15) is 0 Å². The number of rotatable bonds is 2. The maximum atomic E-state index is 8.88. The molecule has 1 aromatic heterocycles. The number of hydrogen-bond acceptors (Lipinski definition) is 2. The third kappa shape index (κ3) is 1.90. The molecule has 0 unspecified atom stereocenters. The molecule has 0 fully saturated rings. The maximum absolute atomic E-state index is 8.88. The Morgan fingerprint density at radius 1 is 1.36 bits per heavy atom. The molecule has 0 radical (unpaired) electrons. The van der Waals surface area contributed by atoms with Gasteiger partial charge in [-0.2, -0.15) is 0 Å². The maximum Gasteiger partial charge on any atom is 0.0624 e. The number of fused-ring (bicyclic) bond motifs is 1. The van der Waals surface area contributed by atoms with E-state index < -0.39 is 0 Å². The van der Waals surface area contributed by atoms with Crippen molar-refractivity contribution in [3.8, 4) is 0 Å². The van der Waals surface area contributed by atoms with E-state index in [9.17, 15) is 0 Å². The minimum absolute atomic E-state index is 0. The van der Waals surface area contributed by atoms with E-state index in [1.165, 1.54) is 0 Å². The fourth-order valence-electron chi connectivity index (χ4n) is 1.40. The smallest absolute Gasteiger partial charge is 0.0624 e. The second-order valence-electron chi connectivity index (χ2n) is 3.11. The summed E-state index contributed by atoms with van der Waals surface area (Å²) in [6.07, 6.45) is 1.89. The summed E-state index contributed by atoms with van der Waals surface area (Å²) < 4.78 is 0. The minimum Gasteiger partial charge on any atom is -0.394 e. The van der Waals surface area contributed by atoms with Gasteiger partial charge >= 0.3 is 0 Å². The fourth-order valence-corrected chi connectivity index (χ4v) is 1.40. The van der Waals surface area contributed by atoms with Crippen molar-refractivity contribution < 1.29 is 5.11 Å². The first-order valence-corrected chi connectivity index (χ1v) is 4.25. The van der Waals surface area contributed by atoms with Gasteiger partial charge in [0.25, 0.3) is 0 Å². The molecule has 14 heavy (non-hydrogen) atoms. The van der Waals surface area contributed by atoms with Crippen molar-refractivity contribution in [3.05, 3.63) is 36.0 Å². The number of nitrogens with two attached hydrogens (primary N) is 1. The molecular weight excluding hydrogens is 200 g/mol. The lowest BCUT2D eigenvalue weighted by molar-refractivity contribution is 0.268. The van der Waals surface area contributed by atoms with Gasteiger partial charge in [0.2, 0.25) is 0 Å². The molecule has 0 spiro atoms. The summed E-state index contributed by atoms with van der Waals surface area (Å²) in [6, 6.07) is 7.63. The van der Waals surface area contributed by atoms with Gasteiger partial charge in [-0.3, -0.25) is 0 Å². The zero-order valence-corrected chi connectivity index (χ0v) is 8.42. The zero-order valence-electron chi connectivity index (χ0n) is 7.60. The Balaban J connectivity index is 0.000000980. The Labute approximate surface area is 88.3 Å². The molecular formula is C10H13ClN2O. The largest absolute Gasteiger partial charge is 0.394 e. The number of nitrogens with one attached hydrogen (secondary N) is 1. The number of benzene rings is 1. The van der Waals surface area contributed by atoms with Crippen molar-refractivity contribution in [2.75, 3.05) is 6.61 Å². The Hall–Kier alpha value is -1.03. The van der Waals surface area contributed by atoms with Crippen LogP contribution in [0.5, 0.6) is 0 Å². The van der Waals surface area contributed by atoms with Crippen molar-refractivity contribution >= 4 is 23.3 Å². The SMILES string of the molecule is Cl.N[C@H](CO)c1ccc2cc[nH]c2c1. The number of aromatic nitrogens is 1. The van der Waals surface area contributed by atoms with Crippen LogP contribution in [0.25, 0.3) is 10.9 Å². The molecule has 4 heteroatoms. The first-order valence-electron chi connectivity index (χ1n) is 4.25. The molecule has 0 amide bonds. The van der Waals surface area contributed by atoms with E-state index in [0.29, 0.717) is 0 Å². The number of aromatic amines is 1. The fraction of sp³-hybridized carbons (Fsp3) is 0.200. The molecule has 1 aromatic carbocycles. The summed E-state index contributed by atoms with van der Waals surface area (Å²) >= 11 is 0. The van der Waals surface area contributed by atoms with E-state index >= 15 is 0 Å². The highest BCUT2D eigenvalue weighted by Gasteiger charge is 2.04. The van der Waals surface area contributed by atoms with Gasteiger partial charge in [-0.1, -0.05) is 12.1 Å². The van der Waals surface area contributed by atoms with E-state index in [0.717, 1.165) is 16.5 Å². The van der Waals surface area contributed by atoms with E-state index in [1.807, 2.05) is 30.5 Å². The topological polar surface area (TPSA) is 62.0 Å². The van der Waals surface area contributed by atoms with Gasteiger partial charge in [0.15, 0.2) is 0 Å². The zero-order chi connectivity index (χ0) is 9.26. The highest BCUT2D eigenvalue weighted by Crippen LogP contribution is 2.17. The average molecular weight is 213 g/mol. The van der Waals surface area contributed by atoms with Crippen molar-refractivity contribution in [2.24, 2.45) is 5.73 Å². The molecule has 0 saturated carbocycles. The van der Waals surface area contributed by atoms with E-state index in [2.05, 4.69) is 4.98 Å². The average Bonchev–Trinajstić information content (AvgIpc) is 2.63. The van der Waals surface area contributed by atoms with Gasteiger partial charge in [-0.15, -0.1) is 12.4 Å². The number of halogens is 1. The van der Waals surface area contributed by atoms with Crippen molar-refractivity contribution in [3.63, 3.8) is 0 Å². The predicted molar refractivity (Wildman–Crippen MR) is 59.6 cm³/mol. The summed E-state index contributed by atoms with van der Waals surface area (Å²) in [5, 5.41) is 10.0. The van der Waals surface area contributed by atoms with Crippen LogP contribution in [0.2, 0.25) is 0 Å². The Kier molecular flexibility index (Phi) is 3.52. The summed E-state index contributed by atoms with van der Waals surface area (Å²) in [5.41, 5.74) is 7.70. The van der Waals surface area contributed by atoms with Crippen LogP contribution in [-0.2, 0) is 0 Å². The van der Waals surface area contributed by atoms with Gasteiger partial charge in [-0.05, 0) is 23.1 Å². The Morgan fingerprint density at radius 2 is 2.14 bits per heavy atom. The normalized spacial score (nSPS) is 12.4. The second kappa shape index (κ2) is 4.46. The number of hydrogen-bond donors (Lipinski definition) is 3. The van der Waals surface area contributed by atoms with Crippen LogP contribution in [0.4, 0.5) is 0 Å². The van der Waals surface area contributed by atoms with Gasteiger partial charge in [0.05, 0.1) is 12.6 Å². The standard InChI is InChI=1S/C10H12N2O.ClH/c11-9(6-13)8-2-1-7-3-4-12-10(7)5-8;/h1-5,9,12-13H,6,11H2;1H/t9-;/m1./s1. The molecule has 0 saturated heterocycles. The van der Waals surface area contributed by atoms with Crippen LogP contribution in [0, 0.1) is 0 Å². The molecule has 0 bridgehead atoms. The molecule has 1 heterocycles. The summed E-state index contributed by atoms with van der Waals surface area (Å²) in [4.78, 5) is 3.10. The van der Waals surface area contributed by atoms with E-state index in [-0.39, 0.29) is 25.1 Å². The van der Waals surface area contributed by atoms with Crippen molar-refractivity contribution in [2.45, 2.75) is 6.04 Å². The van der Waals surface area contributed by atoms with Gasteiger partial charge < -0.3 is 15.8 Å². The highest BCUT2D eigenvalue weighted by atomic mass is 35.5. The van der Waals surface area contributed by atoms with Crippen LogP contribution in [0.1, 0.15) is 11.6 Å². The van der Waals surface area contributed by atoms with Gasteiger partial charge in [0, 0.05) is 11.7 Å². The summed E-state index contributed by atoms with van der Waals surface area (Å²) in [5.74, 6) is 0. The second-order valence-corrected chi connectivity index (χ2v) is 3.11. The van der Waals surface area contributed by atoms with Crippen LogP contribution in [-0.4, -0.2) is 16.7 Å². The van der Waals surface area contributed by atoms with Crippen LogP contribution in [0.3, 0.4) is 0 Å². The molecule has 4 N–H and O–H groups in total. The molecule has 2 rings (SSSR count). The number of aliphatic hydroxyl groups is 1. The predicted octanol–water partition coefficient (Wildman–Crippen LogP) is 1.58.